The first-order valence-electron chi connectivity index (χ1n) is 6.38. The monoisotopic (exact) mass is 294 g/mol. The first kappa shape index (κ1) is 14.5. The molecule has 2 rings (SSSR count). The Morgan fingerprint density at radius 3 is 2.55 bits per heavy atom. The molecule has 0 saturated carbocycles. The number of nitrogen functional groups attached to an aromatic ring is 1. The van der Waals surface area contributed by atoms with Crippen LogP contribution in [0.1, 0.15) is 12.5 Å². The number of sulfonamides is 1. The Morgan fingerprint density at radius 1 is 1.30 bits per heavy atom. The minimum absolute atomic E-state index is 0.0346. The van der Waals surface area contributed by atoms with Crippen molar-refractivity contribution >= 4 is 15.8 Å². The zero-order chi connectivity index (χ0) is 14.6. The predicted octanol–water partition coefficient (Wildman–Crippen LogP) is 1.25. The van der Waals surface area contributed by atoms with Gasteiger partial charge >= 0.3 is 0 Å². The number of nitrogens with two attached hydrogens (primary N) is 1. The van der Waals surface area contributed by atoms with Gasteiger partial charge in [-0.1, -0.05) is 37.3 Å². The van der Waals surface area contributed by atoms with Crippen LogP contribution in [0, 0.1) is 0 Å². The highest BCUT2D eigenvalue weighted by atomic mass is 32.2. The molecule has 0 fully saturated rings. The lowest BCUT2D eigenvalue weighted by atomic mass is 10.1. The number of nitrogens with one attached hydrogen (secondary N) is 1. The first-order valence-corrected chi connectivity index (χ1v) is 7.82. The van der Waals surface area contributed by atoms with E-state index >= 15 is 0 Å². The van der Waals surface area contributed by atoms with Crippen molar-refractivity contribution in [3.05, 3.63) is 42.1 Å². The number of benzene rings is 1. The number of likely N-dealkylation sites (N-methyl/N-ethyl adjacent to an activating group) is 1. The molecule has 1 aromatic carbocycles. The number of H-pyrrole nitrogens is 1. The summed E-state index contributed by atoms with van der Waals surface area (Å²) in [6.07, 6.45) is 1.90. The summed E-state index contributed by atoms with van der Waals surface area (Å²) in [5, 5.41) is 6.12. The number of aromatic amines is 1. The Kier molecular flexibility index (Phi) is 4.41. The smallest absolute Gasteiger partial charge is 0.248 e. The fourth-order valence-electron chi connectivity index (χ4n) is 1.98. The van der Waals surface area contributed by atoms with Gasteiger partial charge in [-0.2, -0.15) is 9.40 Å². The van der Waals surface area contributed by atoms with Crippen molar-refractivity contribution in [1.29, 1.82) is 0 Å². The molecule has 20 heavy (non-hydrogen) atoms. The average Bonchev–Trinajstić information content (AvgIpc) is 2.87. The molecule has 1 aromatic heterocycles. The highest BCUT2D eigenvalue weighted by molar-refractivity contribution is 7.89. The van der Waals surface area contributed by atoms with Crippen molar-refractivity contribution in [3.63, 3.8) is 0 Å². The normalized spacial score (nSPS) is 11.9. The van der Waals surface area contributed by atoms with Crippen LogP contribution in [0.4, 0.5) is 5.82 Å². The number of anilines is 1. The molecule has 3 N–H and O–H groups in total. The van der Waals surface area contributed by atoms with Gasteiger partial charge in [0.2, 0.25) is 10.0 Å². The number of hydrogen-bond donors (Lipinski definition) is 2. The third kappa shape index (κ3) is 3.00. The molecule has 2 aromatic rings. The molecule has 0 unspecified atom stereocenters. The molecule has 0 aliphatic rings. The Labute approximate surface area is 118 Å². The van der Waals surface area contributed by atoms with E-state index in [0.29, 0.717) is 19.5 Å². The Balaban J connectivity index is 2.14. The zero-order valence-electron chi connectivity index (χ0n) is 11.3. The Hall–Kier alpha value is -1.86. The molecule has 108 valence electrons. The number of nitrogens with zero attached hydrogens (tertiary/aromatic N) is 2. The van der Waals surface area contributed by atoms with Crippen LogP contribution in [0.3, 0.4) is 0 Å². The largest absolute Gasteiger partial charge is 0.383 e. The van der Waals surface area contributed by atoms with Gasteiger partial charge in [0.05, 0.1) is 6.20 Å². The lowest BCUT2D eigenvalue weighted by Gasteiger charge is -2.19. The molecule has 0 saturated heterocycles. The van der Waals surface area contributed by atoms with Crippen LogP contribution < -0.4 is 5.73 Å². The summed E-state index contributed by atoms with van der Waals surface area (Å²) in [5.74, 6) is 0.0724. The van der Waals surface area contributed by atoms with Crippen molar-refractivity contribution in [2.75, 3.05) is 18.8 Å². The van der Waals surface area contributed by atoms with Crippen LogP contribution in [-0.2, 0) is 16.4 Å². The van der Waals surface area contributed by atoms with Gasteiger partial charge < -0.3 is 5.73 Å². The number of rotatable bonds is 6. The maximum Gasteiger partial charge on any atom is 0.248 e. The van der Waals surface area contributed by atoms with Gasteiger partial charge in [0.1, 0.15) is 10.7 Å². The van der Waals surface area contributed by atoms with Crippen LogP contribution in [-0.4, -0.2) is 36.0 Å². The van der Waals surface area contributed by atoms with Gasteiger partial charge in [-0.3, -0.25) is 5.10 Å². The second-order valence-corrected chi connectivity index (χ2v) is 6.29. The highest BCUT2D eigenvalue weighted by Crippen LogP contribution is 2.19. The van der Waals surface area contributed by atoms with Crippen LogP contribution in [0.25, 0.3) is 0 Å². The molecular weight excluding hydrogens is 276 g/mol. The van der Waals surface area contributed by atoms with Crippen LogP contribution >= 0.6 is 0 Å². The SMILES string of the molecule is CCN(CCc1ccccc1)S(=O)(=O)c1cn[nH]c1N. The Bertz CT molecular complexity index is 652. The molecule has 0 aliphatic carbocycles. The lowest BCUT2D eigenvalue weighted by Crippen LogP contribution is -2.33. The van der Waals surface area contributed by atoms with Crippen LogP contribution in [0.15, 0.2) is 41.4 Å². The molecule has 0 spiro atoms. The molecule has 7 heteroatoms. The van der Waals surface area contributed by atoms with E-state index in [1.165, 1.54) is 10.5 Å². The molecule has 0 aliphatic heterocycles. The van der Waals surface area contributed by atoms with Crippen molar-refractivity contribution in [1.82, 2.24) is 14.5 Å². The van der Waals surface area contributed by atoms with Gasteiger partial charge in [-0.25, -0.2) is 8.42 Å². The molecule has 0 bridgehead atoms. The fraction of sp³-hybridized carbons (Fsp3) is 0.308. The second kappa shape index (κ2) is 6.06. The van der Waals surface area contributed by atoms with E-state index in [2.05, 4.69) is 10.2 Å². The van der Waals surface area contributed by atoms with E-state index in [4.69, 9.17) is 5.73 Å². The minimum atomic E-state index is -3.59. The summed E-state index contributed by atoms with van der Waals surface area (Å²) < 4.78 is 26.3. The number of aromatic nitrogens is 2. The van der Waals surface area contributed by atoms with Crippen molar-refractivity contribution in [2.24, 2.45) is 0 Å². The van der Waals surface area contributed by atoms with E-state index in [9.17, 15) is 8.42 Å². The minimum Gasteiger partial charge on any atom is -0.383 e. The van der Waals surface area contributed by atoms with Crippen molar-refractivity contribution in [2.45, 2.75) is 18.2 Å². The molecule has 0 atom stereocenters. The summed E-state index contributed by atoms with van der Waals surface area (Å²) in [6.45, 7) is 2.60. The van der Waals surface area contributed by atoms with Crippen LogP contribution in [0.2, 0.25) is 0 Å². The second-order valence-electron chi connectivity index (χ2n) is 4.38. The number of hydrogen-bond acceptors (Lipinski definition) is 4. The van der Waals surface area contributed by atoms with E-state index in [-0.39, 0.29) is 10.7 Å². The third-order valence-electron chi connectivity index (χ3n) is 3.10. The predicted molar refractivity (Wildman–Crippen MR) is 77.6 cm³/mol. The van der Waals surface area contributed by atoms with Gasteiger partial charge in [0.15, 0.2) is 0 Å². The standard InChI is InChI=1S/C13H18N4O2S/c1-2-17(9-8-11-6-4-3-5-7-11)20(18,19)12-10-15-16-13(12)14/h3-7,10H,2,8-9H2,1H3,(H3,14,15,16). The van der Waals surface area contributed by atoms with E-state index < -0.39 is 10.0 Å². The topological polar surface area (TPSA) is 92.1 Å². The van der Waals surface area contributed by atoms with E-state index in [0.717, 1.165) is 5.56 Å². The zero-order valence-corrected chi connectivity index (χ0v) is 12.1. The Morgan fingerprint density at radius 2 is 2.00 bits per heavy atom. The fourth-order valence-corrected chi connectivity index (χ4v) is 3.44. The molecule has 6 nitrogen and oxygen atoms in total. The quantitative estimate of drug-likeness (QED) is 0.838. The van der Waals surface area contributed by atoms with Gasteiger partial charge in [-0.05, 0) is 12.0 Å². The molecule has 0 amide bonds. The maximum absolute atomic E-state index is 12.5. The maximum atomic E-state index is 12.5. The van der Waals surface area contributed by atoms with Gasteiger partial charge in [0, 0.05) is 13.1 Å². The molecule has 1 heterocycles. The van der Waals surface area contributed by atoms with E-state index in [1.54, 1.807) is 6.92 Å². The highest BCUT2D eigenvalue weighted by Gasteiger charge is 2.26. The summed E-state index contributed by atoms with van der Waals surface area (Å²) in [7, 11) is -3.59. The van der Waals surface area contributed by atoms with Gasteiger partial charge in [0.25, 0.3) is 0 Å². The van der Waals surface area contributed by atoms with E-state index in [1.807, 2.05) is 30.3 Å². The third-order valence-corrected chi connectivity index (χ3v) is 5.10. The average molecular weight is 294 g/mol. The summed E-state index contributed by atoms with van der Waals surface area (Å²) in [4.78, 5) is 0.0346. The summed E-state index contributed by atoms with van der Waals surface area (Å²) >= 11 is 0. The van der Waals surface area contributed by atoms with Gasteiger partial charge in [-0.15, -0.1) is 0 Å². The molecular formula is C13H18N4O2S. The van der Waals surface area contributed by atoms with Crippen LogP contribution in [0.5, 0.6) is 0 Å². The summed E-state index contributed by atoms with van der Waals surface area (Å²) in [6, 6.07) is 9.77. The lowest BCUT2D eigenvalue weighted by molar-refractivity contribution is 0.431. The molecule has 0 radical (unpaired) electrons. The first-order chi connectivity index (χ1) is 9.55. The summed E-state index contributed by atoms with van der Waals surface area (Å²) in [5.41, 5.74) is 6.70. The van der Waals surface area contributed by atoms with Crippen molar-refractivity contribution in [3.8, 4) is 0 Å². The van der Waals surface area contributed by atoms with Crippen molar-refractivity contribution < 1.29 is 8.42 Å².